The highest BCUT2D eigenvalue weighted by molar-refractivity contribution is 6.04. The van der Waals surface area contributed by atoms with Gasteiger partial charge in [-0.3, -0.25) is 9.59 Å². The molecule has 20 heavy (non-hydrogen) atoms. The minimum atomic E-state index is -0.275. The molecule has 1 fully saturated rings. The number of hydrogen-bond donors (Lipinski definition) is 2. The summed E-state index contributed by atoms with van der Waals surface area (Å²) in [5.41, 5.74) is 0.00620. The molecule has 5 heteroatoms. The van der Waals surface area contributed by atoms with E-state index in [0.29, 0.717) is 23.2 Å². The molecular weight excluding hydrogens is 254 g/mol. The van der Waals surface area contributed by atoms with Crippen LogP contribution in [-0.2, 0) is 0 Å². The summed E-state index contributed by atoms with van der Waals surface area (Å²) >= 11 is 0. The lowest BCUT2D eigenvalue weighted by molar-refractivity contribution is 0.0942. The first-order chi connectivity index (χ1) is 9.66. The van der Waals surface area contributed by atoms with Gasteiger partial charge in [0, 0.05) is 11.9 Å². The molecule has 1 aromatic heterocycles. The lowest BCUT2D eigenvalue weighted by Crippen LogP contribution is -2.30. The fourth-order valence-electron chi connectivity index (χ4n) is 2.46. The number of nitrogens with one attached hydrogen (secondary N) is 2. The average Bonchev–Trinajstić information content (AvgIpc) is 3.30. The Morgan fingerprint density at radius 3 is 2.80 bits per heavy atom. The van der Waals surface area contributed by atoms with Gasteiger partial charge >= 0.3 is 0 Å². The maximum Gasteiger partial charge on any atom is 0.272 e. The van der Waals surface area contributed by atoms with Gasteiger partial charge in [-0.05, 0) is 30.7 Å². The van der Waals surface area contributed by atoms with Crippen molar-refractivity contribution in [1.29, 1.82) is 0 Å². The third-order valence-electron chi connectivity index (χ3n) is 3.92. The van der Waals surface area contributed by atoms with E-state index in [0.717, 1.165) is 5.92 Å². The lowest BCUT2D eigenvalue weighted by atomic mass is 10.1. The van der Waals surface area contributed by atoms with E-state index < -0.39 is 0 Å². The summed E-state index contributed by atoms with van der Waals surface area (Å²) in [5, 5.41) is 10.3. The van der Waals surface area contributed by atoms with Gasteiger partial charge in [-0.1, -0.05) is 25.1 Å². The zero-order valence-electron chi connectivity index (χ0n) is 11.3. The maximum atomic E-state index is 12.2. The van der Waals surface area contributed by atoms with Crippen LogP contribution in [0.15, 0.2) is 29.1 Å². The summed E-state index contributed by atoms with van der Waals surface area (Å²) < 4.78 is 0. The van der Waals surface area contributed by atoms with Crippen molar-refractivity contribution in [3.63, 3.8) is 0 Å². The highest BCUT2D eigenvalue weighted by atomic mass is 16.2. The number of benzene rings is 1. The molecule has 3 rings (SSSR count). The van der Waals surface area contributed by atoms with Gasteiger partial charge in [-0.25, -0.2) is 5.10 Å². The topological polar surface area (TPSA) is 74.8 Å². The van der Waals surface area contributed by atoms with Crippen molar-refractivity contribution in [1.82, 2.24) is 15.5 Å². The monoisotopic (exact) mass is 271 g/mol. The van der Waals surface area contributed by atoms with E-state index in [9.17, 15) is 9.59 Å². The largest absolute Gasteiger partial charge is 0.350 e. The van der Waals surface area contributed by atoms with Crippen molar-refractivity contribution in [2.75, 3.05) is 6.54 Å². The van der Waals surface area contributed by atoms with Crippen molar-refractivity contribution < 1.29 is 4.79 Å². The lowest BCUT2D eigenvalue weighted by Gasteiger charge is -2.11. The molecule has 1 saturated carbocycles. The molecule has 1 heterocycles. The molecule has 5 nitrogen and oxygen atoms in total. The van der Waals surface area contributed by atoms with Gasteiger partial charge < -0.3 is 5.32 Å². The van der Waals surface area contributed by atoms with Crippen LogP contribution in [0.1, 0.15) is 30.3 Å². The van der Waals surface area contributed by atoms with Crippen molar-refractivity contribution in [3.05, 3.63) is 40.3 Å². The molecule has 0 saturated heterocycles. The van der Waals surface area contributed by atoms with E-state index in [-0.39, 0.29) is 17.2 Å². The number of fused-ring (bicyclic) bond motifs is 1. The normalized spacial score (nSPS) is 16.1. The summed E-state index contributed by atoms with van der Waals surface area (Å²) in [4.78, 5) is 23.9. The first-order valence-electron chi connectivity index (χ1n) is 6.92. The summed E-state index contributed by atoms with van der Waals surface area (Å²) in [6.45, 7) is 2.80. The highest BCUT2D eigenvalue weighted by Crippen LogP contribution is 2.36. The van der Waals surface area contributed by atoms with Crippen LogP contribution in [0, 0.1) is 11.8 Å². The number of aromatic nitrogens is 2. The Balaban J connectivity index is 1.84. The number of hydrogen-bond acceptors (Lipinski definition) is 3. The van der Waals surface area contributed by atoms with Crippen LogP contribution in [0.3, 0.4) is 0 Å². The van der Waals surface area contributed by atoms with Crippen molar-refractivity contribution in [2.45, 2.75) is 19.8 Å². The van der Waals surface area contributed by atoms with Crippen LogP contribution >= 0.6 is 0 Å². The molecule has 1 atom stereocenters. The predicted octanol–water partition coefficient (Wildman–Crippen LogP) is 1.70. The van der Waals surface area contributed by atoms with Crippen molar-refractivity contribution in [2.24, 2.45) is 11.8 Å². The molecule has 2 aromatic rings. The zero-order valence-corrected chi connectivity index (χ0v) is 11.3. The predicted molar refractivity (Wildman–Crippen MR) is 76.6 cm³/mol. The minimum Gasteiger partial charge on any atom is -0.350 e. The highest BCUT2D eigenvalue weighted by Gasteiger charge is 2.28. The Bertz CT molecular complexity index is 704. The van der Waals surface area contributed by atoms with E-state index in [1.165, 1.54) is 12.8 Å². The number of aromatic amines is 1. The second-order valence-electron chi connectivity index (χ2n) is 5.47. The van der Waals surface area contributed by atoms with Crippen LogP contribution in [0.5, 0.6) is 0 Å². The quantitative estimate of drug-likeness (QED) is 0.888. The maximum absolute atomic E-state index is 12.2. The SMILES string of the molecule is CC(CNC(=O)c1n[nH]c(=O)c2ccccc12)C1CC1. The first-order valence-corrected chi connectivity index (χ1v) is 6.92. The van der Waals surface area contributed by atoms with Gasteiger partial charge in [0.1, 0.15) is 0 Å². The molecule has 1 aliphatic carbocycles. The number of nitrogens with zero attached hydrogens (tertiary/aromatic N) is 1. The first kappa shape index (κ1) is 12.8. The Labute approximate surface area is 116 Å². The summed E-state index contributed by atoms with van der Waals surface area (Å²) in [5.74, 6) is 1.01. The Kier molecular flexibility index (Phi) is 3.26. The van der Waals surface area contributed by atoms with Gasteiger partial charge in [-0.2, -0.15) is 5.10 Å². The summed E-state index contributed by atoms with van der Waals surface area (Å²) in [7, 11) is 0. The molecule has 0 bridgehead atoms. The smallest absolute Gasteiger partial charge is 0.272 e. The Morgan fingerprint density at radius 2 is 2.10 bits per heavy atom. The van der Waals surface area contributed by atoms with Gasteiger partial charge in [0.15, 0.2) is 5.69 Å². The van der Waals surface area contributed by atoms with Gasteiger partial charge in [0.25, 0.3) is 11.5 Å². The van der Waals surface area contributed by atoms with Gasteiger partial charge in [0.05, 0.1) is 5.39 Å². The molecule has 1 aliphatic rings. The second kappa shape index (κ2) is 5.07. The van der Waals surface area contributed by atoms with E-state index in [4.69, 9.17) is 0 Å². The number of carbonyl (C=O) groups excluding carboxylic acids is 1. The van der Waals surface area contributed by atoms with Gasteiger partial charge in [0.2, 0.25) is 0 Å². The van der Waals surface area contributed by atoms with Crippen LogP contribution in [0.2, 0.25) is 0 Å². The average molecular weight is 271 g/mol. The number of carbonyl (C=O) groups is 1. The molecule has 1 unspecified atom stereocenters. The number of amides is 1. The summed E-state index contributed by atoms with van der Waals surface area (Å²) in [6, 6.07) is 7.01. The van der Waals surface area contributed by atoms with Crippen molar-refractivity contribution >= 4 is 16.7 Å². The standard InChI is InChI=1S/C15H17N3O2/c1-9(10-6-7-10)8-16-15(20)13-11-4-2-3-5-12(11)14(19)18-17-13/h2-5,9-10H,6-8H2,1H3,(H,16,20)(H,18,19). The van der Waals surface area contributed by atoms with Gasteiger partial charge in [-0.15, -0.1) is 0 Å². The molecule has 1 aromatic carbocycles. The molecule has 0 spiro atoms. The minimum absolute atomic E-state index is 0.232. The summed E-state index contributed by atoms with van der Waals surface area (Å²) in [6.07, 6.45) is 2.52. The molecular formula is C15H17N3O2. The van der Waals surface area contributed by atoms with Crippen LogP contribution in [0.4, 0.5) is 0 Å². The number of rotatable bonds is 4. The van der Waals surface area contributed by atoms with Crippen LogP contribution in [-0.4, -0.2) is 22.6 Å². The molecule has 0 radical (unpaired) electrons. The number of H-pyrrole nitrogens is 1. The second-order valence-corrected chi connectivity index (χ2v) is 5.47. The Morgan fingerprint density at radius 1 is 1.40 bits per heavy atom. The van der Waals surface area contributed by atoms with Crippen LogP contribution in [0.25, 0.3) is 10.8 Å². The third-order valence-corrected chi connectivity index (χ3v) is 3.92. The van der Waals surface area contributed by atoms with E-state index in [1.807, 2.05) is 0 Å². The molecule has 1 amide bonds. The zero-order chi connectivity index (χ0) is 14.1. The molecule has 2 N–H and O–H groups in total. The van der Waals surface area contributed by atoms with E-state index in [2.05, 4.69) is 22.4 Å². The van der Waals surface area contributed by atoms with Crippen molar-refractivity contribution in [3.8, 4) is 0 Å². The third kappa shape index (κ3) is 2.43. The van der Waals surface area contributed by atoms with Crippen LogP contribution < -0.4 is 10.9 Å². The molecule has 0 aliphatic heterocycles. The fraction of sp³-hybridized carbons (Fsp3) is 0.400. The fourth-order valence-corrected chi connectivity index (χ4v) is 2.46. The molecule has 104 valence electrons. The van der Waals surface area contributed by atoms with E-state index in [1.54, 1.807) is 24.3 Å². The van der Waals surface area contributed by atoms with E-state index >= 15 is 0 Å². The Hall–Kier alpha value is -2.17.